The number of ether oxygens (including phenoxy) is 1. The second-order valence-corrected chi connectivity index (χ2v) is 8.39. The Kier molecular flexibility index (Phi) is 6.55. The predicted octanol–water partition coefficient (Wildman–Crippen LogP) is 4.58. The molecule has 0 aliphatic carbocycles. The van der Waals surface area contributed by atoms with Crippen molar-refractivity contribution in [3.8, 4) is 5.75 Å². The number of carbonyl (C=O) groups excluding carboxylic acids is 1. The maximum Gasteiger partial charge on any atom is 0.233 e. The van der Waals surface area contributed by atoms with E-state index in [0.717, 1.165) is 41.1 Å². The van der Waals surface area contributed by atoms with Crippen LogP contribution in [0.4, 0.5) is 5.69 Å². The number of anilines is 1. The average Bonchev–Trinajstić information content (AvgIpc) is 2.63. The van der Waals surface area contributed by atoms with Crippen molar-refractivity contribution in [2.24, 2.45) is 11.8 Å². The molecule has 1 heterocycles. The largest absolute Gasteiger partial charge is 0.497 e. The lowest BCUT2D eigenvalue weighted by molar-refractivity contribution is -0.127. The summed E-state index contributed by atoms with van der Waals surface area (Å²) in [5, 5.41) is 0. The summed E-state index contributed by atoms with van der Waals surface area (Å²) in [6.45, 7) is 7.73. The molecule has 0 spiro atoms. The van der Waals surface area contributed by atoms with E-state index in [2.05, 4.69) is 34.7 Å². The fourth-order valence-corrected chi connectivity index (χ4v) is 3.98. The summed E-state index contributed by atoms with van der Waals surface area (Å²) in [7, 11) is 1.66. The molecule has 1 fully saturated rings. The first kappa shape index (κ1) is 19.9. The van der Waals surface area contributed by atoms with E-state index in [0.29, 0.717) is 12.5 Å². The molecule has 1 amide bonds. The molecular formula is C22H27BrN2O2. The van der Waals surface area contributed by atoms with E-state index < -0.39 is 0 Å². The molecule has 0 bridgehead atoms. The highest BCUT2D eigenvalue weighted by atomic mass is 79.9. The van der Waals surface area contributed by atoms with Gasteiger partial charge in [-0.15, -0.1) is 0 Å². The van der Waals surface area contributed by atoms with Crippen LogP contribution in [0.1, 0.15) is 19.4 Å². The second kappa shape index (κ2) is 8.89. The summed E-state index contributed by atoms with van der Waals surface area (Å²) in [5.74, 6) is 1.70. The third-order valence-corrected chi connectivity index (χ3v) is 5.51. The van der Waals surface area contributed by atoms with Crippen LogP contribution in [0.2, 0.25) is 0 Å². The van der Waals surface area contributed by atoms with Crippen LogP contribution in [0, 0.1) is 11.8 Å². The van der Waals surface area contributed by atoms with Gasteiger partial charge in [0, 0.05) is 24.1 Å². The first-order valence-electron chi connectivity index (χ1n) is 9.39. The molecular weight excluding hydrogens is 404 g/mol. The Balaban J connectivity index is 1.78. The highest BCUT2D eigenvalue weighted by Gasteiger charge is 2.36. The second-order valence-electron chi connectivity index (χ2n) is 7.53. The van der Waals surface area contributed by atoms with Crippen molar-refractivity contribution in [3.05, 3.63) is 58.6 Å². The van der Waals surface area contributed by atoms with E-state index in [1.54, 1.807) is 7.11 Å². The third kappa shape index (κ3) is 4.90. The maximum atomic E-state index is 13.3. The number of halogens is 1. The molecule has 0 unspecified atom stereocenters. The molecule has 27 heavy (non-hydrogen) atoms. The summed E-state index contributed by atoms with van der Waals surface area (Å²) >= 11 is 3.61. The molecule has 2 aromatic carbocycles. The zero-order valence-electron chi connectivity index (χ0n) is 16.2. The first-order chi connectivity index (χ1) is 13.0. The molecule has 5 heteroatoms. The van der Waals surface area contributed by atoms with Gasteiger partial charge in [0.05, 0.1) is 25.3 Å². The normalized spacial score (nSPS) is 14.9. The van der Waals surface area contributed by atoms with Crippen molar-refractivity contribution in [1.29, 1.82) is 0 Å². The van der Waals surface area contributed by atoms with Crippen LogP contribution in [0.25, 0.3) is 0 Å². The minimum Gasteiger partial charge on any atom is -0.497 e. The van der Waals surface area contributed by atoms with Crippen molar-refractivity contribution in [2.75, 3.05) is 31.6 Å². The minimum atomic E-state index is 0.0640. The number of rotatable bonds is 7. The van der Waals surface area contributed by atoms with Gasteiger partial charge in [0.2, 0.25) is 5.91 Å². The van der Waals surface area contributed by atoms with Gasteiger partial charge in [-0.05, 0) is 51.7 Å². The molecule has 0 aromatic heterocycles. The van der Waals surface area contributed by atoms with E-state index in [1.165, 1.54) is 0 Å². The molecule has 3 rings (SSSR count). The lowest BCUT2D eigenvalue weighted by atomic mass is 9.96. The van der Waals surface area contributed by atoms with Crippen molar-refractivity contribution < 1.29 is 9.53 Å². The number of methoxy groups -OCH3 is 1. The van der Waals surface area contributed by atoms with Crippen LogP contribution < -0.4 is 9.64 Å². The van der Waals surface area contributed by atoms with Crippen LogP contribution in [0.3, 0.4) is 0 Å². The molecule has 1 saturated heterocycles. The number of nitrogens with zero attached hydrogens (tertiary/aromatic N) is 2. The van der Waals surface area contributed by atoms with Gasteiger partial charge < -0.3 is 14.5 Å². The van der Waals surface area contributed by atoms with Gasteiger partial charge in [-0.1, -0.05) is 38.1 Å². The van der Waals surface area contributed by atoms with Gasteiger partial charge in [-0.3, -0.25) is 4.79 Å². The molecule has 0 atom stereocenters. The number of hydrogen-bond donors (Lipinski definition) is 0. The Morgan fingerprint density at radius 1 is 1.19 bits per heavy atom. The molecule has 0 N–H and O–H groups in total. The molecule has 1 aliphatic heterocycles. The number of likely N-dealkylation sites (tertiary alicyclic amines) is 1. The number of para-hydroxylation sites is 1. The molecule has 0 radical (unpaired) electrons. The lowest BCUT2D eigenvalue weighted by Gasteiger charge is -2.41. The highest BCUT2D eigenvalue weighted by molar-refractivity contribution is 9.10. The number of amides is 1. The quantitative estimate of drug-likeness (QED) is 0.644. The van der Waals surface area contributed by atoms with E-state index in [-0.39, 0.29) is 11.8 Å². The zero-order chi connectivity index (χ0) is 19.4. The standard InChI is InChI=1S/C22H27BrN2O2/c1-16(2)12-24-14-18(15-24)22(26)25(21-7-5-4-6-20(21)23)13-17-8-10-19(27-3)11-9-17/h4-11,16,18H,12-15H2,1-3H3. The third-order valence-electron chi connectivity index (χ3n) is 4.84. The number of benzene rings is 2. The van der Waals surface area contributed by atoms with Crippen LogP contribution >= 0.6 is 15.9 Å². The molecule has 2 aromatic rings. The molecule has 1 aliphatic rings. The fraction of sp³-hybridized carbons (Fsp3) is 0.409. The van der Waals surface area contributed by atoms with Gasteiger partial charge in [-0.2, -0.15) is 0 Å². The fourth-order valence-electron chi connectivity index (χ4n) is 3.48. The summed E-state index contributed by atoms with van der Waals surface area (Å²) in [6, 6.07) is 15.8. The van der Waals surface area contributed by atoms with Gasteiger partial charge in [0.15, 0.2) is 0 Å². The van der Waals surface area contributed by atoms with Gasteiger partial charge >= 0.3 is 0 Å². The number of carbonyl (C=O) groups is 1. The summed E-state index contributed by atoms with van der Waals surface area (Å²) in [6.07, 6.45) is 0. The molecule has 4 nitrogen and oxygen atoms in total. The van der Waals surface area contributed by atoms with E-state index in [1.807, 2.05) is 53.4 Å². The Morgan fingerprint density at radius 2 is 1.85 bits per heavy atom. The predicted molar refractivity (Wildman–Crippen MR) is 113 cm³/mol. The topological polar surface area (TPSA) is 32.8 Å². The van der Waals surface area contributed by atoms with Crippen LogP contribution in [-0.2, 0) is 11.3 Å². The molecule has 0 saturated carbocycles. The van der Waals surface area contributed by atoms with Crippen LogP contribution in [0.15, 0.2) is 53.0 Å². The van der Waals surface area contributed by atoms with Crippen LogP contribution in [-0.4, -0.2) is 37.6 Å². The van der Waals surface area contributed by atoms with E-state index >= 15 is 0 Å². The summed E-state index contributed by atoms with van der Waals surface area (Å²) < 4.78 is 6.18. The van der Waals surface area contributed by atoms with Gasteiger partial charge in [0.25, 0.3) is 0 Å². The van der Waals surface area contributed by atoms with Crippen molar-refractivity contribution in [3.63, 3.8) is 0 Å². The Labute approximate surface area is 170 Å². The maximum absolute atomic E-state index is 13.3. The minimum absolute atomic E-state index is 0.0640. The van der Waals surface area contributed by atoms with Crippen LogP contribution in [0.5, 0.6) is 5.75 Å². The van der Waals surface area contributed by atoms with Crippen molar-refractivity contribution in [2.45, 2.75) is 20.4 Å². The Hall–Kier alpha value is -1.85. The number of hydrogen-bond acceptors (Lipinski definition) is 3. The zero-order valence-corrected chi connectivity index (χ0v) is 17.8. The first-order valence-corrected chi connectivity index (χ1v) is 10.2. The van der Waals surface area contributed by atoms with Crippen molar-refractivity contribution in [1.82, 2.24) is 4.90 Å². The summed E-state index contributed by atoms with van der Waals surface area (Å²) in [4.78, 5) is 17.6. The van der Waals surface area contributed by atoms with Crippen molar-refractivity contribution >= 4 is 27.5 Å². The lowest BCUT2D eigenvalue weighted by Crippen LogP contribution is -2.55. The Bertz CT molecular complexity index is 770. The summed E-state index contributed by atoms with van der Waals surface area (Å²) in [5.41, 5.74) is 2.00. The highest BCUT2D eigenvalue weighted by Crippen LogP contribution is 2.30. The Morgan fingerprint density at radius 3 is 2.44 bits per heavy atom. The SMILES string of the molecule is COc1ccc(CN(C(=O)C2CN(CC(C)C)C2)c2ccccc2Br)cc1. The smallest absolute Gasteiger partial charge is 0.233 e. The van der Waals surface area contributed by atoms with E-state index in [9.17, 15) is 4.79 Å². The molecule has 144 valence electrons. The monoisotopic (exact) mass is 430 g/mol. The van der Waals surface area contributed by atoms with E-state index in [4.69, 9.17) is 4.74 Å². The van der Waals surface area contributed by atoms with Gasteiger partial charge in [-0.25, -0.2) is 0 Å². The average molecular weight is 431 g/mol. The van der Waals surface area contributed by atoms with Gasteiger partial charge in [0.1, 0.15) is 5.75 Å².